The minimum absolute atomic E-state index is 0.0796. The van der Waals surface area contributed by atoms with E-state index in [1.54, 1.807) is 11.3 Å². The van der Waals surface area contributed by atoms with Crippen molar-refractivity contribution in [3.8, 4) is 11.1 Å². The predicted octanol–water partition coefficient (Wildman–Crippen LogP) is 3.71. The number of carbonyl (C=O) groups is 1. The lowest BCUT2D eigenvalue weighted by Crippen LogP contribution is -2.34. The summed E-state index contributed by atoms with van der Waals surface area (Å²) in [5.74, 6) is -0.779. The first-order valence-corrected chi connectivity index (χ1v) is 7.53. The molecule has 2 aromatic rings. The van der Waals surface area contributed by atoms with Gasteiger partial charge in [0.05, 0.1) is 6.54 Å². The van der Waals surface area contributed by atoms with Crippen LogP contribution in [0.25, 0.3) is 11.1 Å². The van der Waals surface area contributed by atoms with Crippen molar-refractivity contribution in [2.75, 3.05) is 6.54 Å². The third kappa shape index (κ3) is 3.92. The molecule has 0 radical (unpaired) electrons. The first-order chi connectivity index (χ1) is 9.56. The standard InChI is InChI=1S/C16H19NO2S/c1-12(2)17(10-16(18)19)9-15-8-14(11-20-15)13-6-4-3-5-7-13/h3-8,11-12H,9-10H2,1-2H3,(H,18,19). The van der Waals surface area contributed by atoms with Crippen LogP contribution < -0.4 is 0 Å². The van der Waals surface area contributed by atoms with Crippen LogP contribution in [0.4, 0.5) is 0 Å². The Morgan fingerprint density at radius 1 is 1.25 bits per heavy atom. The number of rotatable bonds is 6. The lowest BCUT2D eigenvalue weighted by molar-refractivity contribution is -0.138. The number of benzene rings is 1. The quantitative estimate of drug-likeness (QED) is 0.881. The largest absolute Gasteiger partial charge is 0.480 e. The highest BCUT2D eigenvalue weighted by Gasteiger charge is 2.15. The molecule has 0 saturated heterocycles. The second-order valence-electron chi connectivity index (χ2n) is 5.06. The maximum absolute atomic E-state index is 10.9. The Labute approximate surface area is 123 Å². The van der Waals surface area contributed by atoms with Crippen LogP contribution in [0.1, 0.15) is 18.7 Å². The molecule has 3 nitrogen and oxygen atoms in total. The van der Waals surface area contributed by atoms with Crippen LogP contribution in [0.15, 0.2) is 41.8 Å². The fraction of sp³-hybridized carbons (Fsp3) is 0.312. The summed E-state index contributed by atoms with van der Waals surface area (Å²) in [6.45, 7) is 4.81. The Balaban J connectivity index is 2.10. The Morgan fingerprint density at radius 3 is 2.55 bits per heavy atom. The molecule has 0 bridgehead atoms. The van der Waals surface area contributed by atoms with E-state index in [2.05, 4.69) is 23.6 Å². The number of aliphatic carboxylic acids is 1. The number of carboxylic acids is 1. The third-order valence-corrected chi connectivity index (χ3v) is 4.11. The molecule has 0 spiro atoms. The van der Waals surface area contributed by atoms with Crippen LogP contribution in [0.5, 0.6) is 0 Å². The highest BCUT2D eigenvalue weighted by molar-refractivity contribution is 7.10. The molecule has 1 heterocycles. The van der Waals surface area contributed by atoms with E-state index in [0.29, 0.717) is 6.54 Å². The van der Waals surface area contributed by atoms with Gasteiger partial charge in [0.1, 0.15) is 0 Å². The molecule has 20 heavy (non-hydrogen) atoms. The second kappa shape index (κ2) is 6.68. The molecule has 1 N–H and O–H groups in total. The van der Waals surface area contributed by atoms with Gasteiger partial charge in [0.15, 0.2) is 0 Å². The fourth-order valence-electron chi connectivity index (χ4n) is 2.04. The van der Waals surface area contributed by atoms with Crippen molar-refractivity contribution in [2.24, 2.45) is 0 Å². The highest BCUT2D eigenvalue weighted by atomic mass is 32.1. The van der Waals surface area contributed by atoms with E-state index in [-0.39, 0.29) is 12.6 Å². The normalized spacial score (nSPS) is 11.2. The maximum Gasteiger partial charge on any atom is 0.317 e. The van der Waals surface area contributed by atoms with Gasteiger partial charge >= 0.3 is 5.97 Å². The topological polar surface area (TPSA) is 40.5 Å². The number of nitrogens with zero attached hydrogens (tertiary/aromatic N) is 1. The van der Waals surface area contributed by atoms with Crippen LogP contribution in [0.3, 0.4) is 0 Å². The van der Waals surface area contributed by atoms with E-state index in [0.717, 1.165) is 0 Å². The zero-order chi connectivity index (χ0) is 14.5. The van der Waals surface area contributed by atoms with Crippen LogP contribution in [0, 0.1) is 0 Å². The maximum atomic E-state index is 10.9. The molecule has 0 unspecified atom stereocenters. The van der Waals surface area contributed by atoms with Crippen molar-refractivity contribution in [2.45, 2.75) is 26.4 Å². The Bertz CT molecular complexity index is 563. The Kier molecular flexibility index (Phi) is 4.93. The van der Waals surface area contributed by atoms with Gasteiger partial charge in [-0.1, -0.05) is 30.3 Å². The van der Waals surface area contributed by atoms with Crippen LogP contribution in [-0.4, -0.2) is 28.6 Å². The van der Waals surface area contributed by atoms with Gasteiger partial charge in [0.2, 0.25) is 0 Å². The van der Waals surface area contributed by atoms with E-state index >= 15 is 0 Å². The molecular weight excluding hydrogens is 270 g/mol. The molecule has 0 saturated carbocycles. The van der Waals surface area contributed by atoms with Crippen molar-refractivity contribution in [3.05, 3.63) is 46.7 Å². The van der Waals surface area contributed by atoms with Crippen LogP contribution >= 0.6 is 11.3 Å². The highest BCUT2D eigenvalue weighted by Crippen LogP contribution is 2.26. The van der Waals surface area contributed by atoms with Gasteiger partial charge in [-0.2, -0.15) is 0 Å². The van der Waals surface area contributed by atoms with E-state index in [4.69, 9.17) is 5.11 Å². The first kappa shape index (κ1) is 14.8. The summed E-state index contributed by atoms with van der Waals surface area (Å²) in [4.78, 5) is 14.0. The molecule has 2 rings (SSSR count). The summed E-state index contributed by atoms with van der Waals surface area (Å²) >= 11 is 1.68. The molecule has 106 valence electrons. The van der Waals surface area contributed by atoms with Gasteiger partial charge in [-0.15, -0.1) is 11.3 Å². The average molecular weight is 289 g/mol. The van der Waals surface area contributed by atoms with Crippen LogP contribution in [-0.2, 0) is 11.3 Å². The summed E-state index contributed by atoms with van der Waals surface area (Å²) in [5, 5.41) is 11.1. The SMILES string of the molecule is CC(C)N(CC(=O)O)Cc1cc(-c2ccccc2)cs1. The van der Waals surface area contributed by atoms with Gasteiger partial charge in [0.25, 0.3) is 0 Å². The van der Waals surface area contributed by atoms with Crippen molar-refractivity contribution in [1.29, 1.82) is 0 Å². The third-order valence-electron chi connectivity index (χ3n) is 3.19. The average Bonchev–Trinajstić information content (AvgIpc) is 2.87. The number of hydrogen-bond donors (Lipinski definition) is 1. The fourth-order valence-corrected chi connectivity index (χ4v) is 2.96. The minimum Gasteiger partial charge on any atom is -0.480 e. The zero-order valence-electron chi connectivity index (χ0n) is 11.7. The summed E-state index contributed by atoms with van der Waals surface area (Å²) in [6.07, 6.45) is 0. The van der Waals surface area contributed by atoms with Gasteiger partial charge in [-0.05, 0) is 36.4 Å². The summed E-state index contributed by atoms with van der Waals surface area (Å²) in [7, 11) is 0. The molecule has 0 amide bonds. The van der Waals surface area contributed by atoms with E-state index in [1.165, 1.54) is 16.0 Å². The summed E-state index contributed by atoms with van der Waals surface area (Å²) in [5.41, 5.74) is 2.40. The van der Waals surface area contributed by atoms with Gasteiger partial charge in [0, 0.05) is 17.5 Å². The van der Waals surface area contributed by atoms with E-state index in [1.807, 2.05) is 36.9 Å². The number of hydrogen-bond acceptors (Lipinski definition) is 3. The Hall–Kier alpha value is -1.65. The molecule has 0 aliphatic rings. The van der Waals surface area contributed by atoms with E-state index in [9.17, 15) is 4.79 Å². The number of thiophene rings is 1. The monoisotopic (exact) mass is 289 g/mol. The van der Waals surface area contributed by atoms with Crippen molar-refractivity contribution < 1.29 is 9.90 Å². The molecule has 4 heteroatoms. The predicted molar refractivity (Wildman–Crippen MR) is 82.9 cm³/mol. The lowest BCUT2D eigenvalue weighted by Gasteiger charge is -2.23. The van der Waals surface area contributed by atoms with Gasteiger partial charge in [-0.3, -0.25) is 9.69 Å². The van der Waals surface area contributed by atoms with Gasteiger partial charge in [-0.25, -0.2) is 0 Å². The van der Waals surface area contributed by atoms with Crippen molar-refractivity contribution in [1.82, 2.24) is 4.90 Å². The smallest absolute Gasteiger partial charge is 0.317 e. The Morgan fingerprint density at radius 2 is 1.95 bits per heavy atom. The lowest BCUT2D eigenvalue weighted by atomic mass is 10.1. The van der Waals surface area contributed by atoms with Gasteiger partial charge < -0.3 is 5.11 Å². The minimum atomic E-state index is -0.779. The first-order valence-electron chi connectivity index (χ1n) is 6.65. The molecule has 0 aliphatic heterocycles. The van der Waals surface area contributed by atoms with Crippen LogP contribution in [0.2, 0.25) is 0 Å². The molecule has 1 aromatic carbocycles. The molecule has 0 atom stereocenters. The van der Waals surface area contributed by atoms with Crippen molar-refractivity contribution >= 4 is 17.3 Å². The van der Waals surface area contributed by atoms with Crippen molar-refractivity contribution in [3.63, 3.8) is 0 Å². The molecular formula is C16H19NO2S. The zero-order valence-corrected chi connectivity index (χ0v) is 12.6. The molecule has 0 fully saturated rings. The number of carboxylic acid groups (broad SMARTS) is 1. The molecule has 0 aliphatic carbocycles. The molecule has 1 aromatic heterocycles. The summed E-state index contributed by atoms with van der Waals surface area (Å²) < 4.78 is 0. The second-order valence-corrected chi connectivity index (χ2v) is 6.06. The van der Waals surface area contributed by atoms with E-state index < -0.39 is 5.97 Å². The summed E-state index contributed by atoms with van der Waals surface area (Å²) in [6, 6.07) is 12.6.